The number of benzene rings is 1. The summed E-state index contributed by atoms with van der Waals surface area (Å²) >= 11 is 5.69. The van der Waals surface area contributed by atoms with E-state index in [1.54, 1.807) is 19.1 Å². The van der Waals surface area contributed by atoms with Crippen LogP contribution in [0, 0.1) is 17.0 Å². The molecule has 0 atom stereocenters. The minimum absolute atomic E-state index is 0.00680. The molecule has 0 saturated carbocycles. The highest BCUT2D eigenvalue weighted by atomic mass is 35.5. The van der Waals surface area contributed by atoms with Crippen LogP contribution in [-0.4, -0.2) is 14.9 Å². The molecule has 6 nitrogen and oxygen atoms in total. The number of halogens is 1. The van der Waals surface area contributed by atoms with Crippen molar-refractivity contribution in [3.8, 4) is 11.6 Å². The van der Waals surface area contributed by atoms with E-state index in [2.05, 4.69) is 9.97 Å². The molecule has 0 amide bonds. The van der Waals surface area contributed by atoms with E-state index in [0.717, 1.165) is 0 Å². The zero-order valence-electron chi connectivity index (χ0n) is 9.33. The highest BCUT2D eigenvalue weighted by molar-refractivity contribution is 6.29. The highest BCUT2D eigenvalue weighted by Crippen LogP contribution is 2.30. The van der Waals surface area contributed by atoms with E-state index in [0.29, 0.717) is 11.3 Å². The molecule has 0 bridgehead atoms. The number of rotatable bonds is 3. The van der Waals surface area contributed by atoms with Gasteiger partial charge >= 0.3 is 0 Å². The van der Waals surface area contributed by atoms with Gasteiger partial charge in [-0.2, -0.15) is 0 Å². The second-order valence-corrected chi connectivity index (χ2v) is 3.83. The molecule has 0 aliphatic rings. The molecule has 18 heavy (non-hydrogen) atoms. The number of hydrogen-bond acceptors (Lipinski definition) is 5. The van der Waals surface area contributed by atoms with Gasteiger partial charge < -0.3 is 4.74 Å². The smallest absolute Gasteiger partial charge is 0.276 e. The van der Waals surface area contributed by atoms with E-state index in [1.165, 1.54) is 18.5 Å². The maximum Gasteiger partial charge on any atom is 0.276 e. The maximum atomic E-state index is 10.8. The zero-order chi connectivity index (χ0) is 13.1. The van der Waals surface area contributed by atoms with Crippen LogP contribution in [0.1, 0.15) is 5.56 Å². The van der Waals surface area contributed by atoms with Gasteiger partial charge in [-0.15, -0.1) is 0 Å². The van der Waals surface area contributed by atoms with Crippen molar-refractivity contribution in [2.75, 3.05) is 0 Å². The summed E-state index contributed by atoms with van der Waals surface area (Å²) in [4.78, 5) is 17.9. The standard InChI is InChI=1S/C11H8ClN3O3/c1-7-8(15(16)17)3-2-4-9(7)18-11-5-10(12)13-6-14-11/h2-6H,1H3. The quantitative estimate of drug-likeness (QED) is 0.484. The van der Waals surface area contributed by atoms with E-state index in [9.17, 15) is 10.1 Å². The normalized spacial score (nSPS) is 10.1. The molecule has 1 aromatic carbocycles. The highest BCUT2D eigenvalue weighted by Gasteiger charge is 2.15. The number of hydrogen-bond donors (Lipinski definition) is 0. The van der Waals surface area contributed by atoms with E-state index in [-0.39, 0.29) is 16.7 Å². The number of nitrogens with zero attached hydrogens (tertiary/aromatic N) is 3. The van der Waals surface area contributed by atoms with Crippen LogP contribution >= 0.6 is 11.6 Å². The third-order valence-electron chi connectivity index (χ3n) is 2.28. The lowest BCUT2D eigenvalue weighted by molar-refractivity contribution is -0.385. The first-order chi connectivity index (χ1) is 8.58. The van der Waals surface area contributed by atoms with Crippen LogP contribution in [-0.2, 0) is 0 Å². The van der Waals surface area contributed by atoms with Gasteiger partial charge in [0, 0.05) is 12.1 Å². The van der Waals surface area contributed by atoms with Crippen LogP contribution in [0.25, 0.3) is 0 Å². The predicted octanol–water partition coefficient (Wildman–Crippen LogP) is 3.14. The Morgan fingerprint density at radius 3 is 2.83 bits per heavy atom. The molecule has 1 heterocycles. The van der Waals surface area contributed by atoms with Gasteiger partial charge in [-0.25, -0.2) is 9.97 Å². The van der Waals surface area contributed by atoms with Crippen LogP contribution in [0.3, 0.4) is 0 Å². The molecule has 1 aromatic heterocycles. The minimum atomic E-state index is -0.463. The monoisotopic (exact) mass is 265 g/mol. The largest absolute Gasteiger partial charge is 0.438 e. The third kappa shape index (κ3) is 2.54. The Hall–Kier alpha value is -2.21. The van der Waals surface area contributed by atoms with Gasteiger partial charge in [-0.1, -0.05) is 17.7 Å². The van der Waals surface area contributed by atoms with Crippen molar-refractivity contribution >= 4 is 17.3 Å². The van der Waals surface area contributed by atoms with Crippen molar-refractivity contribution in [1.29, 1.82) is 0 Å². The summed E-state index contributed by atoms with van der Waals surface area (Å²) < 4.78 is 5.44. The topological polar surface area (TPSA) is 78.2 Å². The molecule has 2 rings (SSSR count). The minimum Gasteiger partial charge on any atom is -0.438 e. The zero-order valence-corrected chi connectivity index (χ0v) is 10.1. The molecule has 0 aliphatic heterocycles. The molecule has 7 heteroatoms. The van der Waals surface area contributed by atoms with E-state index >= 15 is 0 Å². The summed E-state index contributed by atoms with van der Waals surface area (Å²) in [5.41, 5.74) is 0.421. The van der Waals surface area contributed by atoms with Crippen LogP contribution in [0.5, 0.6) is 11.6 Å². The fourth-order valence-electron chi connectivity index (χ4n) is 1.40. The van der Waals surface area contributed by atoms with E-state index < -0.39 is 4.92 Å². The van der Waals surface area contributed by atoms with E-state index in [1.807, 2.05) is 0 Å². The summed E-state index contributed by atoms with van der Waals surface area (Å²) in [6, 6.07) is 6.01. The number of nitro groups is 1. The van der Waals surface area contributed by atoms with Gasteiger partial charge in [0.25, 0.3) is 5.69 Å². The first-order valence-corrected chi connectivity index (χ1v) is 5.35. The molecule has 0 fully saturated rings. The second kappa shape index (κ2) is 4.97. The molecule has 92 valence electrons. The van der Waals surface area contributed by atoms with Gasteiger partial charge in [-0.05, 0) is 13.0 Å². The predicted molar refractivity (Wildman–Crippen MR) is 64.9 cm³/mol. The van der Waals surface area contributed by atoms with E-state index in [4.69, 9.17) is 16.3 Å². The summed E-state index contributed by atoms with van der Waals surface area (Å²) in [6.45, 7) is 1.61. The SMILES string of the molecule is Cc1c(Oc2cc(Cl)ncn2)cccc1[N+](=O)[O-]. The van der Waals surface area contributed by atoms with Crippen LogP contribution < -0.4 is 4.74 Å². The van der Waals surface area contributed by atoms with Crippen molar-refractivity contribution in [2.24, 2.45) is 0 Å². The van der Waals surface area contributed by atoms with Crippen molar-refractivity contribution in [3.05, 3.63) is 51.4 Å². The molecular formula is C11H8ClN3O3. The van der Waals surface area contributed by atoms with Crippen molar-refractivity contribution < 1.29 is 9.66 Å². The third-order valence-corrected chi connectivity index (χ3v) is 2.48. The second-order valence-electron chi connectivity index (χ2n) is 3.44. The Morgan fingerprint density at radius 1 is 1.39 bits per heavy atom. The van der Waals surface area contributed by atoms with Gasteiger partial charge in [-0.3, -0.25) is 10.1 Å². The summed E-state index contributed by atoms with van der Waals surface area (Å²) in [6.07, 6.45) is 1.25. The van der Waals surface area contributed by atoms with Gasteiger partial charge in [0.1, 0.15) is 17.2 Å². The Labute approximate surface area is 107 Å². The molecular weight excluding hydrogens is 258 g/mol. The molecule has 0 unspecified atom stereocenters. The average molecular weight is 266 g/mol. The fourth-order valence-corrected chi connectivity index (χ4v) is 1.53. The van der Waals surface area contributed by atoms with Crippen LogP contribution in [0.15, 0.2) is 30.6 Å². The van der Waals surface area contributed by atoms with Gasteiger partial charge in [0.05, 0.1) is 10.5 Å². The van der Waals surface area contributed by atoms with Crippen LogP contribution in [0.4, 0.5) is 5.69 Å². The Bertz CT molecular complexity index is 604. The Morgan fingerprint density at radius 2 is 2.17 bits per heavy atom. The molecule has 2 aromatic rings. The number of nitro benzene ring substituents is 1. The lowest BCUT2D eigenvalue weighted by atomic mass is 10.2. The Balaban J connectivity index is 2.35. The lowest BCUT2D eigenvalue weighted by Gasteiger charge is -2.07. The van der Waals surface area contributed by atoms with Gasteiger partial charge in [0.2, 0.25) is 5.88 Å². The lowest BCUT2D eigenvalue weighted by Crippen LogP contribution is -1.95. The molecule has 0 aliphatic carbocycles. The fraction of sp³-hybridized carbons (Fsp3) is 0.0909. The van der Waals surface area contributed by atoms with Gasteiger partial charge in [0.15, 0.2) is 0 Å². The summed E-state index contributed by atoms with van der Waals surface area (Å²) in [7, 11) is 0. The van der Waals surface area contributed by atoms with Crippen molar-refractivity contribution in [2.45, 2.75) is 6.92 Å². The summed E-state index contributed by atoms with van der Waals surface area (Å²) in [5, 5.41) is 11.0. The number of ether oxygens (including phenoxy) is 1. The molecule has 0 spiro atoms. The first-order valence-electron chi connectivity index (χ1n) is 4.97. The van der Waals surface area contributed by atoms with Crippen molar-refractivity contribution in [3.63, 3.8) is 0 Å². The molecule has 0 N–H and O–H groups in total. The first kappa shape index (κ1) is 12.3. The Kier molecular flexibility index (Phi) is 3.38. The summed E-state index contributed by atoms with van der Waals surface area (Å²) in [5.74, 6) is 0.595. The number of aromatic nitrogens is 2. The maximum absolute atomic E-state index is 10.8. The van der Waals surface area contributed by atoms with Crippen molar-refractivity contribution in [1.82, 2.24) is 9.97 Å². The van der Waals surface area contributed by atoms with Crippen LogP contribution in [0.2, 0.25) is 5.15 Å². The average Bonchev–Trinajstić information content (AvgIpc) is 2.31. The molecule has 0 saturated heterocycles. The molecule has 0 radical (unpaired) electrons.